The van der Waals surface area contributed by atoms with Crippen molar-refractivity contribution in [1.82, 2.24) is 9.80 Å². The average Bonchev–Trinajstić information content (AvgIpc) is 3.27. The molecular formula is C20H24N2O4S. The van der Waals surface area contributed by atoms with E-state index in [1.165, 1.54) is 10.4 Å². The summed E-state index contributed by atoms with van der Waals surface area (Å²) in [5.74, 6) is 1.47. The number of thiophene rings is 1. The lowest BCUT2D eigenvalue weighted by atomic mass is 10.0. The van der Waals surface area contributed by atoms with Gasteiger partial charge < -0.3 is 19.0 Å². The zero-order valence-corrected chi connectivity index (χ0v) is 16.5. The predicted octanol–water partition coefficient (Wildman–Crippen LogP) is 2.95. The van der Waals surface area contributed by atoms with Gasteiger partial charge in [-0.3, -0.25) is 9.59 Å². The first kappa shape index (κ1) is 18.3. The Morgan fingerprint density at radius 3 is 2.63 bits per heavy atom. The zero-order valence-electron chi connectivity index (χ0n) is 15.7. The van der Waals surface area contributed by atoms with E-state index >= 15 is 0 Å². The topological polar surface area (TPSA) is 63.0 Å². The molecular weight excluding hydrogens is 364 g/mol. The Kier molecular flexibility index (Phi) is 5.06. The molecule has 6 nitrogen and oxygen atoms in total. The van der Waals surface area contributed by atoms with Crippen LogP contribution in [0.5, 0.6) is 0 Å². The van der Waals surface area contributed by atoms with E-state index in [0.717, 1.165) is 12.2 Å². The minimum absolute atomic E-state index is 0.0182. The minimum Gasteiger partial charge on any atom is -0.466 e. The van der Waals surface area contributed by atoms with E-state index in [2.05, 4.69) is 11.4 Å². The molecule has 2 amide bonds. The van der Waals surface area contributed by atoms with Crippen LogP contribution in [-0.2, 0) is 16.0 Å². The van der Waals surface area contributed by atoms with Crippen molar-refractivity contribution < 1.29 is 18.7 Å². The lowest BCUT2D eigenvalue weighted by Crippen LogP contribution is -2.50. The van der Waals surface area contributed by atoms with Crippen LogP contribution in [0, 0.1) is 13.8 Å². The molecule has 0 aliphatic carbocycles. The number of aryl methyl sites for hydroxylation is 2. The highest BCUT2D eigenvalue weighted by molar-refractivity contribution is 7.10. The highest BCUT2D eigenvalue weighted by atomic mass is 32.1. The zero-order chi connectivity index (χ0) is 19.0. The van der Waals surface area contributed by atoms with Crippen molar-refractivity contribution in [2.24, 2.45) is 0 Å². The van der Waals surface area contributed by atoms with E-state index < -0.39 is 0 Å². The van der Waals surface area contributed by atoms with Gasteiger partial charge in [-0.1, -0.05) is 0 Å². The van der Waals surface area contributed by atoms with E-state index in [9.17, 15) is 9.59 Å². The number of rotatable bonds is 3. The van der Waals surface area contributed by atoms with E-state index in [4.69, 9.17) is 9.15 Å². The van der Waals surface area contributed by atoms with Gasteiger partial charge in [0, 0.05) is 31.1 Å². The van der Waals surface area contributed by atoms with Gasteiger partial charge in [0.2, 0.25) is 5.91 Å². The SMILES string of the molecule is Cc1cc(C(=O)N2CCN(C(=O)CC3OCCc4ccsc43)CC2)c(C)o1. The third-order valence-electron chi connectivity index (χ3n) is 5.31. The molecule has 1 saturated heterocycles. The predicted molar refractivity (Wildman–Crippen MR) is 102 cm³/mol. The molecule has 2 aromatic rings. The van der Waals surface area contributed by atoms with Gasteiger partial charge in [-0.2, -0.15) is 0 Å². The number of amides is 2. The molecule has 0 saturated carbocycles. The number of carbonyl (C=O) groups is 2. The van der Waals surface area contributed by atoms with Crippen molar-refractivity contribution in [2.75, 3.05) is 32.8 Å². The fourth-order valence-electron chi connectivity index (χ4n) is 3.84. The van der Waals surface area contributed by atoms with Crippen LogP contribution in [0.3, 0.4) is 0 Å². The number of furan rings is 1. The molecule has 1 unspecified atom stereocenters. The molecule has 4 rings (SSSR count). The Morgan fingerprint density at radius 2 is 1.93 bits per heavy atom. The first-order valence-corrected chi connectivity index (χ1v) is 10.2. The number of carbonyl (C=O) groups excluding carboxylic acids is 2. The van der Waals surface area contributed by atoms with Gasteiger partial charge >= 0.3 is 0 Å². The van der Waals surface area contributed by atoms with Gasteiger partial charge in [-0.05, 0) is 43.3 Å². The van der Waals surface area contributed by atoms with Crippen LogP contribution in [0.2, 0.25) is 0 Å². The van der Waals surface area contributed by atoms with Crippen molar-refractivity contribution in [2.45, 2.75) is 32.8 Å². The molecule has 1 atom stereocenters. The molecule has 144 valence electrons. The Labute approximate surface area is 162 Å². The number of hydrogen-bond donors (Lipinski definition) is 0. The summed E-state index contributed by atoms with van der Waals surface area (Å²) in [5.41, 5.74) is 1.93. The van der Waals surface area contributed by atoms with Crippen molar-refractivity contribution >= 4 is 23.2 Å². The number of fused-ring (bicyclic) bond motifs is 1. The summed E-state index contributed by atoms with van der Waals surface area (Å²) in [7, 11) is 0. The summed E-state index contributed by atoms with van der Waals surface area (Å²) < 4.78 is 11.3. The van der Waals surface area contributed by atoms with Gasteiger partial charge in [0.05, 0.1) is 18.6 Å². The van der Waals surface area contributed by atoms with Crippen LogP contribution >= 0.6 is 11.3 Å². The second-order valence-electron chi connectivity index (χ2n) is 7.12. The van der Waals surface area contributed by atoms with Crippen molar-refractivity contribution in [3.63, 3.8) is 0 Å². The van der Waals surface area contributed by atoms with E-state index in [0.29, 0.717) is 50.5 Å². The summed E-state index contributed by atoms with van der Waals surface area (Å²) >= 11 is 1.67. The van der Waals surface area contributed by atoms with Crippen molar-refractivity contribution in [1.29, 1.82) is 0 Å². The van der Waals surface area contributed by atoms with Crippen LogP contribution in [0.15, 0.2) is 21.9 Å². The maximum Gasteiger partial charge on any atom is 0.257 e. The third-order valence-corrected chi connectivity index (χ3v) is 6.37. The summed E-state index contributed by atoms with van der Waals surface area (Å²) in [5, 5.41) is 2.07. The van der Waals surface area contributed by atoms with E-state index in [1.807, 2.05) is 18.7 Å². The number of hydrogen-bond acceptors (Lipinski definition) is 5. The van der Waals surface area contributed by atoms with E-state index in [1.54, 1.807) is 22.3 Å². The average molecular weight is 388 g/mol. The number of ether oxygens (including phenoxy) is 1. The van der Waals surface area contributed by atoms with Crippen molar-refractivity contribution in [3.8, 4) is 0 Å². The van der Waals surface area contributed by atoms with Gasteiger partial charge in [-0.15, -0.1) is 11.3 Å². The molecule has 0 bridgehead atoms. The highest BCUT2D eigenvalue weighted by Crippen LogP contribution is 2.34. The summed E-state index contributed by atoms with van der Waals surface area (Å²) in [4.78, 5) is 30.3. The van der Waals surface area contributed by atoms with Crippen LogP contribution in [0.4, 0.5) is 0 Å². The quantitative estimate of drug-likeness (QED) is 0.811. The van der Waals surface area contributed by atoms with Crippen molar-refractivity contribution in [3.05, 3.63) is 45.0 Å². The van der Waals surface area contributed by atoms with Gasteiger partial charge in [0.25, 0.3) is 5.91 Å². The normalized spacial score (nSPS) is 19.9. The van der Waals surface area contributed by atoms with Gasteiger partial charge in [0.15, 0.2) is 0 Å². The second-order valence-corrected chi connectivity index (χ2v) is 8.07. The number of nitrogens with zero attached hydrogens (tertiary/aromatic N) is 2. The second kappa shape index (κ2) is 7.48. The third kappa shape index (κ3) is 3.66. The molecule has 2 aliphatic rings. The maximum absolute atomic E-state index is 12.7. The summed E-state index contributed by atoms with van der Waals surface area (Å²) in [6.07, 6.45) is 1.18. The Bertz CT molecular complexity index is 848. The lowest BCUT2D eigenvalue weighted by Gasteiger charge is -2.35. The standard InChI is InChI=1S/C20H24N2O4S/c1-13-11-16(14(2)26-13)20(24)22-7-5-21(6-8-22)18(23)12-17-19-15(3-9-25-17)4-10-27-19/h4,10-11,17H,3,5-9,12H2,1-2H3. The Hall–Kier alpha value is -2.12. The monoisotopic (exact) mass is 388 g/mol. The molecule has 0 radical (unpaired) electrons. The van der Waals surface area contributed by atoms with Crippen LogP contribution in [0.1, 0.15) is 44.8 Å². The first-order chi connectivity index (χ1) is 13.0. The molecule has 2 aromatic heterocycles. The minimum atomic E-state index is -0.127. The Balaban J connectivity index is 1.34. The van der Waals surface area contributed by atoms with Crippen LogP contribution < -0.4 is 0 Å². The smallest absolute Gasteiger partial charge is 0.257 e. The summed E-state index contributed by atoms with van der Waals surface area (Å²) in [6.45, 7) is 6.53. The van der Waals surface area contributed by atoms with Crippen LogP contribution in [0.25, 0.3) is 0 Å². The maximum atomic E-state index is 12.7. The van der Waals surface area contributed by atoms with E-state index in [-0.39, 0.29) is 17.9 Å². The highest BCUT2D eigenvalue weighted by Gasteiger charge is 2.30. The molecule has 0 spiro atoms. The molecule has 1 fully saturated rings. The molecule has 0 aromatic carbocycles. The molecule has 7 heteroatoms. The molecule has 4 heterocycles. The largest absolute Gasteiger partial charge is 0.466 e. The molecule has 0 N–H and O–H groups in total. The summed E-state index contributed by atoms with van der Waals surface area (Å²) in [6, 6.07) is 3.91. The van der Waals surface area contributed by atoms with Gasteiger partial charge in [-0.25, -0.2) is 0 Å². The fourth-order valence-corrected chi connectivity index (χ4v) is 4.84. The number of piperazine rings is 1. The Morgan fingerprint density at radius 1 is 1.19 bits per heavy atom. The first-order valence-electron chi connectivity index (χ1n) is 9.35. The van der Waals surface area contributed by atoms with Crippen LogP contribution in [-0.4, -0.2) is 54.4 Å². The molecule has 27 heavy (non-hydrogen) atoms. The molecule has 2 aliphatic heterocycles. The van der Waals surface area contributed by atoms with Gasteiger partial charge in [0.1, 0.15) is 17.6 Å². The fraction of sp³-hybridized carbons (Fsp3) is 0.500. The lowest BCUT2D eigenvalue weighted by molar-refractivity contribution is -0.136.